The maximum absolute atomic E-state index is 12.6. The van der Waals surface area contributed by atoms with Gasteiger partial charge in [-0.15, -0.1) is 0 Å². The molecule has 0 aliphatic carbocycles. The zero-order valence-corrected chi connectivity index (χ0v) is 17.9. The van der Waals surface area contributed by atoms with E-state index in [9.17, 15) is 29.4 Å². The highest BCUT2D eigenvalue weighted by Crippen LogP contribution is 2.10. The number of amides is 3. The Morgan fingerprint density at radius 3 is 2.33 bits per heavy atom. The number of alkyl carbamates (subject to hydrolysis) is 1. The Balaban J connectivity index is 1.81. The highest BCUT2D eigenvalue weighted by molar-refractivity contribution is 5.98. The number of hydrogen-bond acceptors (Lipinski definition) is 5. The number of nitrogens with one attached hydrogen (secondary N) is 3. The average molecular weight is 456 g/mol. The van der Waals surface area contributed by atoms with E-state index in [1.165, 1.54) is 6.07 Å². The third-order valence-electron chi connectivity index (χ3n) is 4.62. The number of hydrogen-bond donors (Lipinski definition) is 4. The molecule has 0 spiro atoms. The molecule has 0 unspecified atom stereocenters. The van der Waals surface area contributed by atoms with Gasteiger partial charge in [0.15, 0.2) is 6.61 Å². The summed E-state index contributed by atoms with van der Waals surface area (Å²) in [5.74, 6) is -2.54. The van der Waals surface area contributed by atoms with Crippen LogP contribution in [0.2, 0.25) is 0 Å². The maximum atomic E-state index is 12.6. The van der Waals surface area contributed by atoms with Crippen LogP contribution in [0.1, 0.15) is 34.3 Å². The summed E-state index contributed by atoms with van der Waals surface area (Å²) in [5.41, 5.74) is 1.48. The number of aliphatic carboxylic acids is 1. The first-order chi connectivity index (χ1) is 15.9. The Labute approximate surface area is 191 Å². The third-order valence-corrected chi connectivity index (χ3v) is 4.62. The number of ether oxygens (including phenoxy) is 1. The van der Waals surface area contributed by atoms with Crippen molar-refractivity contribution in [3.8, 4) is 0 Å². The second-order valence-electron chi connectivity index (χ2n) is 7.07. The molecule has 0 saturated carbocycles. The molecule has 0 bridgehead atoms. The summed E-state index contributed by atoms with van der Waals surface area (Å²) in [4.78, 5) is 47.1. The quantitative estimate of drug-likeness (QED) is 0.356. The topological polar surface area (TPSA) is 154 Å². The molecule has 0 aromatic heterocycles. The number of carboxylic acids is 1. The van der Waals surface area contributed by atoms with Gasteiger partial charge in [0.25, 0.3) is 5.91 Å². The molecule has 2 rings (SSSR count). The summed E-state index contributed by atoms with van der Waals surface area (Å²) < 4.78 is 5.08. The summed E-state index contributed by atoms with van der Waals surface area (Å²) in [6.07, 6.45) is -0.252. The van der Waals surface area contributed by atoms with Crippen molar-refractivity contribution in [2.24, 2.45) is 0 Å². The van der Waals surface area contributed by atoms with E-state index >= 15 is 0 Å². The second kappa shape index (κ2) is 13.5. The lowest BCUT2D eigenvalue weighted by molar-refractivity contribution is -0.139. The van der Waals surface area contributed by atoms with Gasteiger partial charge in [-0.1, -0.05) is 48.5 Å². The third kappa shape index (κ3) is 8.99. The van der Waals surface area contributed by atoms with Crippen LogP contribution in [0.25, 0.3) is 0 Å². The Morgan fingerprint density at radius 2 is 1.64 bits per heavy atom. The van der Waals surface area contributed by atoms with Gasteiger partial charge >= 0.3 is 12.1 Å². The lowest BCUT2D eigenvalue weighted by Gasteiger charge is -2.16. The molecule has 0 aliphatic heterocycles. The van der Waals surface area contributed by atoms with Gasteiger partial charge in [-0.2, -0.15) is 0 Å². The average Bonchev–Trinajstić information content (AvgIpc) is 2.83. The summed E-state index contributed by atoms with van der Waals surface area (Å²) in [6, 6.07) is 14.3. The van der Waals surface area contributed by atoms with Crippen molar-refractivity contribution in [1.82, 2.24) is 16.0 Å². The first-order valence-corrected chi connectivity index (χ1v) is 10.3. The molecular weight excluding hydrogens is 430 g/mol. The van der Waals surface area contributed by atoms with Gasteiger partial charge in [0.05, 0.1) is 0 Å². The number of carboxylic acid groups (broad SMARTS) is 1. The Morgan fingerprint density at radius 1 is 0.939 bits per heavy atom. The van der Waals surface area contributed by atoms with E-state index in [2.05, 4.69) is 16.0 Å². The standard InChI is InChI=1S/C23H26N3O7/c27-14-20(28)25-13-17-9-4-5-10-18(17)21(29)26-19(22(30)31)11-6-12-24-23(32)33-15-16-7-2-1-3-8-16/h1-5,7-10,19H,6,11-15H2,(H,24,32)(H,25,28)(H,26,29)(H,30,31)/t19-/m0/s1. The van der Waals surface area contributed by atoms with Crippen LogP contribution in [-0.4, -0.2) is 48.2 Å². The van der Waals surface area contributed by atoms with E-state index in [1.54, 1.807) is 18.2 Å². The number of benzene rings is 2. The molecule has 0 heterocycles. The Hall–Kier alpha value is -3.92. The molecule has 0 aliphatic rings. The minimum atomic E-state index is -1.22. The van der Waals surface area contributed by atoms with E-state index in [0.717, 1.165) is 5.56 Å². The van der Waals surface area contributed by atoms with Crippen molar-refractivity contribution >= 4 is 23.9 Å². The van der Waals surface area contributed by atoms with Crippen molar-refractivity contribution in [3.63, 3.8) is 0 Å². The van der Waals surface area contributed by atoms with Crippen LogP contribution in [0.4, 0.5) is 4.79 Å². The smallest absolute Gasteiger partial charge is 0.407 e. The maximum Gasteiger partial charge on any atom is 0.407 e. The van der Waals surface area contributed by atoms with Crippen molar-refractivity contribution in [2.45, 2.75) is 32.0 Å². The number of rotatable bonds is 12. The van der Waals surface area contributed by atoms with Crippen LogP contribution in [-0.2, 0) is 32.6 Å². The predicted octanol–water partition coefficient (Wildman–Crippen LogP) is 1.62. The van der Waals surface area contributed by atoms with E-state index < -0.39 is 36.5 Å². The summed E-state index contributed by atoms with van der Waals surface area (Å²) >= 11 is 0. The molecule has 1 radical (unpaired) electrons. The van der Waals surface area contributed by atoms with Gasteiger partial charge in [0.2, 0.25) is 5.91 Å². The van der Waals surface area contributed by atoms with Crippen LogP contribution in [0.5, 0.6) is 0 Å². The van der Waals surface area contributed by atoms with Crippen LogP contribution in [0.15, 0.2) is 54.6 Å². The fourth-order valence-corrected chi connectivity index (χ4v) is 2.90. The molecule has 10 nitrogen and oxygen atoms in total. The Bertz CT molecular complexity index is 950. The van der Waals surface area contributed by atoms with Gasteiger partial charge in [0, 0.05) is 18.7 Å². The van der Waals surface area contributed by atoms with E-state index in [4.69, 9.17) is 4.74 Å². The number of carbonyl (C=O) groups is 4. The largest absolute Gasteiger partial charge is 0.480 e. The molecule has 2 aromatic rings. The molecule has 3 amide bonds. The summed E-state index contributed by atoms with van der Waals surface area (Å²) in [5, 5.41) is 27.4. The van der Waals surface area contributed by atoms with Gasteiger partial charge in [-0.05, 0) is 30.0 Å². The molecule has 175 valence electrons. The lowest BCUT2D eigenvalue weighted by atomic mass is 10.1. The minimum Gasteiger partial charge on any atom is -0.480 e. The fourth-order valence-electron chi connectivity index (χ4n) is 2.90. The van der Waals surface area contributed by atoms with Crippen molar-refractivity contribution in [3.05, 3.63) is 71.3 Å². The number of carbonyl (C=O) groups excluding carboxylic acids is 3. The molecule has 0 saturated heterocycles. The molecule has 10 heteroatoms. The van der Waals surface area contributed by atoms with Crippen molar-refractivity contribution in [1.29, 1.82) is 0 Å². The SMILES string of the molecule is [O]CC(=O)NCc1ccccc1C(=O)N[C@@H](CCCNC(=O)OCc1ccccc1)C(=O)O. The minimum absolute atomic E-state index is 0.0303. The first-order valence-electron chi connectivity index (χ1n) is 10.3. The van der Waals surface area contributed by atoms with Gasteiger partial charge in [0.1, 0.15) is 12.6 Å². The Kier molecular flexibility index (Phi) is 10.4. The van der Waals surface area contributed by atoms with Crippen LogP contribution in [0, 0.1) is 0 Å². The fraction of sp³-hybridized carbons (Fsp3) is 0.304. The van der Waals surface area contributed by atoms with E-state index in [-0.39, 0.29) is 31.7 Å². The molecule has 2 aromatic carbocycles. The normalized spacial score (nSPS) is 11.2. The molecule has 0 fully saturated rings. The highest BCUT2D eigenvalue weighted by atomic mass is 16.5. The molecule has 33 heavy (non-hydrogen) atoms. The van der Waals surface area contributed by atoms with Crippen molar-refractivity contribution < 1.29 is 34.1 Å². The highest BCUT2D eigenvalue weighted by Gasteiger charge is 2.22. The van der Waals surface area contributed by atoms with Crippen molar-refractivity contribution in [2.75, 3.05) is 13.2 Å². The summed E-state index contributed by atoms with van der Waals surface area (Å²) in [6.45, 7) is -0.666. The van der Waals surface area contributed by atoms with Crippen LogP contribution in [0.3, 0.4) is 0 Å². The monoisotopic (exact) mass is 456 g/mol. The summed E-state index contributed by atoms with van der Waals surface area (Å²) in [7, 11) is 0. The van der Waals surface area contributed by atoms with Gasteiger partial charge in [-0.25, -0.2) is 14.7 Å². The predicted molar refractivity (Wildman–Crippen MR) is 117 cm³/mol. The molecular formula is C23H26N3O7. The molecule has 4 N–H and O–H groups in total. The van der Waals surface area contributed by atoms with E-state index in [0.29, 0.717) is 12.0 Å². The zero-order chi connectivity index (χ0) is 24.1. The van der Waals surface area contributed by atoms with Crippen LogP contribution >= 0.6 is 0 Å². The zero-order valence-electron chi connectivity index (χ0n) is 17.9. The van der Waals surface area contributed by atoms with Crippen LogP contribution < -0.4 is 16.0 Å². The lowest BCUT2D eigenvalue weighted by Crippen LogP contribution is -2.41. The van der Waals surface area contributed by atoms with E-state index in [1.807, 2.05) is 30.3 Å². The van der Waals surface area contributed by atoms with Gasteiger partial charge in [-0.3, -0.25) is 9.59 Å². The molecule has 1 atom stereocenters. The second-order valence-corrected chi connectivity index (χ2v) is 7.07. The first kappa shape index (κ1) is 25.3. The van der Waals surface area contributed by atoms with Gasteiger partial charge < -0.3 is 25.8 Å².